The van der Waals surface area contributed by atoms with Gasteiger partial charge < -0.3 is 10.4 Å². The van der Waals surface area contributed by atoms with E-state index in [0.717, 1.165) is 5.75 Å². The Morgan fingerprint density at radius 2 is 2.19 bits per heavy atom. The Balaban J connectivity index is 2.54. The van der Waals surface area contributed by atoms with Gasteiger partial charge in [-0.3, -0.25) is 14.7 Å². The van der Waals surface area contributed by atoms with Crippen molar-refractivity contribution in [2.75, 3.05) is 12.0 Å². The molecule has 1 aromatic rings. The first-order valence-corrected chi connectivity index (χ1v) is 6.51. The first kappa shape index (κ1) is 12.9. The average Bonchev–Trinajstić information content (AvgIpc) is 2.65. The number of thioether (sulfide) groups is 1. The van der Waals surface area contributed by atoms with Crippen molar-refractivity contribution >= 4 is 17.7 Å². The van der Waals surface area contributed by atoms with Crippen molar-refractivity contribution in [3.05, 3.63) is 22.1 Å². The Morgan fingerprint density at radius 1 is 1.50 bits per heavy atom. The number of hydrogen-bond donors (Lipinski definition) is 3. The van der Waals surface area contributed by atoms with E-state index in [1.165, 1.54) is 6.07 Å². The Morgan fingerprint density at radius 3 is 2.69 bits per heavy atom. The van der Waals surface area contributed by atoms with Crippen molar-refractivity contribution in [3.8, 4) is 0 Å². The third kappa shape index (κ3) is 3.44. The van der Waals surface area contributed by atoms with Crippen molar-refractivity contribution in [1.29, 1.82) is 0 Å². The van der Waals surface area contributed by atoms with E-state index in [1.807, 2.05) is 20.1 Å². The smallest absolute Gasteiger partial charge is 0.264 e. The second-order valence-electron chi connectivity index (χ2n) is 3.80. The number of aromatic nitrogens is 2. The fourth-order valence-electron chi connectivity index (χ4n) is 1.34. The maximum absolute atomic E-state index is 11.7. The molecule has 90 valence electrons. The molecule has 0 radical (unpaired) electrons. The number of rotatable bonds is 5. The summed E-state index contributed by atoms with van der Waals surface area (Å²) >= 11 is 1.64. The summed E-state index contributed by atoms with van der Waals surface area (Å²) in [6.07, 6.45) is 1.97. The van der Waals surface area contributed by atoms with Crippen LogP contribution in [0.5, 0.6) is 0 Å². The molecule has 0 saturated heterocycles. The zero-order valence-corrected chi connectivity index (χ0v) is 10.5. The van der Waals surface area contributed by atoms with E-state index in [2.05, 4.69) is 15.5 Å². The molecule has 0 aliphatic rings. The van der Waals surface area contributed by atoms with Gasteiger partial charge in [-0.2, -0.15) is 11.8 Å². The van der Waals surface area contributed by atoms with Gasteiger partial charge in [-0.15, -0.1) is 0 Å². The Labute approximate surface area is 98.4 Å². The van der Waals surface area contributed by atoms with Gasteiger partial charge in [-0.05, 0) is 13.2 Å². The predicted molar refractivity (Wildman–Crippen MR) is 65.5 cm³/mol. The summed E-state index contributed by atoms with van der Waals surface area (Å²) < 4.78 is 0. The lowest BCUT2D eigenvalue weighted by Crippen LogP contribution is -2.32. The van der Waals surface area contributed by atoms with Crippen LogP contribution in [0.2, 0.25) is 0 Å². The van der Waals surface area contributed by atoms with Crippen LogP contribution < -0.4 is 10.9 Å². The van der Waals surface area contributed by atoms with Crippen LogP contribution in [-0.2, 0) is 4.79 Å². The summed E-state index contributed by atoms with van der Waals surface area (Å²) in [5.41, 5.74) is 0.503. The minimum Gasteiger partial charge on any atom is -0.348 e. The van der Waals surface area contributed by atoms with Crippen LogP contribution in [-0.4, -0.2) is 28.1 Å². The van der Waals surface area contributed by atoms with E-state index in [0.29, 0.717) is 5.69 Å². The van der Waals surface area contributed by atoms with Crippen molar-refractivity contribution in [2.24, 2.45) is 5.92 Å². The van der Waals surface area contributed by atoms with E-state index >= 15 is 0 Å². The van der Waals surface area contributed by atoms with Gasteiger partial charge in [0.2, 0.25) is 5.91 Å². The topological polar surface area (TPSA) is 77.8 Å². The first-order chi connectivity index (χ1) is 7.54. The monoisotopic (exact) mass is 243 g/mol. The van der Waals surface area contributed by atoms with Crippen LogP contribution in [0.1, 0.15) is 25.6 Å². The molecule has 6 heteroatoms. The van der Waals surface area contributed by atoms with Crippen LogP contribution in [0.25, 0.3) is 0 Å². The summed E-state index contributed by atoms with van der Waals surface area (Å²) in [6, 6.07) is 1.26. The van der Waals surface area contributed by atoms with Crippen LogP contribution in [0.3, 0.4) is 0 Å². The third-order valence-corrected chi connectivity index (χ3v) is 3.14. The molecular weight excluding hydrogens is 226 g/mol. The number of H-pyrrole nitrogens is 2. The minimum atomic E-state index is -0.187. The molecule has 1 rings (SSSR count). The highest BCUT2D eigenvalue weighted by atomic mass is 32.2. The van der Waals surface area contributed by atoms with Crippen LogP contribution in [0, 0.1) is 5.92 Å². The average molecular weight is 243 g/mol. The molecule has 0 aliphatic carbocycles. The SMILES string of the molecule is CSCC(C)C(=O)NC(C)c1cc(=O)[nH][nH]1. The number of amides is 1. The molecule has 0 saturated carbocycles. The molecule has 0 spiro atoms. The molecule has 3 N–H and O–H groups in total. The molecule has 1 aromatic heterocycles. The summed E-state index contributed by atoms with van der Waals surface area (Å²) in [6.45, 7) is 3.72. The normalized spacial score (nSPS) is 14.4. The molecule has 0 bridgehead atoms. The fraction of sp³-hybridized carbons (Fsp3) is 0.600. The lowest BCUT2D eigenvalue weighted by atomic mass is 10.1. The molecule has 0 fully saturated rings. The molecule has 1 heterocycles. The molecule has 2 atom stereocenters. The summed E-state index contributed by atoms with van der Waals surface area (Å²) in [7, 11) is 0. The summed E-state index contributed by atoms with van der Waals surface area (Å²) in [4.78, 5) is 22.6. The van der Waals surface area contributed by atoms with Crippen molar-refractivity contribution in [1.82, 2.24) is 15.5 Å². The van der Waals surface area contributed by atoms with Crippen molar-refractivity contribution in [3.63, 3.8) is 0 Å². The highest BCUT2D eigenvalue weighted by molar-refractivity contribution is 7.98. The quantitative estimate of drug-likeness (QED) is 0.718. The van der Waals surface area contributed by atoms with E-state index in [-0.39, 0.29) is 23.4 Å². The van der Waals surface area contributed by atoms with Crippen LogP contribution in [0.15, 0.2) is 10.9 Å². The molecular formula is C10H17N3O2S. The first-order valence-electron chi connectivity index (χ1n) is 5.11. The van der Waals surface area contributed by atoms with E-state index in [4.69, 9.17) is 0 Å². The van der Waals surface area contributed by atoms with Crippen molar-refractivity contribution in [2.45, 2.75) is 19.9 Å². The Bertz CT molecular complexity index is 399. The van der Waals surface area contributed by atoms with Gasteiger partial charge in [-0.25, -0.2) is 0 Å². The van der Waals surface area contributed by atoms with Gasteiger partial charge >= 0.3 is 0 Å². The highest BCUT2D eigenvalue weighted by Crippen LogP contribution is 2.09. The summed E-state index contributed by atoms with van der Waals surface area (Å²) in [5, 5.41) is 8.02. The minimum absolute atomic E-state index is 0.00361. The number of carbonyl (C=O) groups is 1. The van der Waals surface area contributed by atoms with E-state index < -0.39 is 0 Å². The Hall–Kier alpha value is -1.17. The molecule has 1 amide bonds. The molecule has 5 nitrogen and oxygen atoms in total. The van der Waals surface area contributed by atoms with Gasteiger partial charge in [0.15, 0.2) is 0 Å². The zero-order chi connectivity index (χ0) is 12.1. The molecule has 0 aromatic carbocycles. The Kier molecular flexibility index (Phi) is 4.67. The van der Waals surface area contributed by atoms with Gasteiger partial charge in [0.1, 0.15) is 0 Å². The van der Waals surface area contributed by atoms with Crippen LogP contribution >= 0.6 is 11.8 Å². The van der Waals surface area contributed by atoms with Gasteiger partial charge in [0.05, 0.1) is 11.7 Å². The highest BCUT2D eigenvalue weighted by Gasteiger charge is 2.16. The summed E-state index contributed by atoms with van der Waals surface area (Å²) in [5.74, 6) is 0.773. The molecule has 0 aliphatic heterocycles. The number of hydrogen-bond acceptors (Lipinski definition) is 3. The largest absolute Gasteiger partial charge is 0.348 e. The number of carbonyl (C=O) groups excluding carboxylic acids is 1. The second-order valence-corrected chi connectivity index (χ2v) is 4.71. The van der Waals surface area contributed by atoms with Gasteiger partial charge in [0.25, 0.3) is 5.56 Å². The standard InChI is InChI=1S/C10H17N3O2S/c1-6(5-16-3)10(15)11-7(2)8-4-9(14)13-12-8/h4,6-7H,5H2,1-3H3,(H,11,15)(H2,12,13,14). The number of nitrogens with one attached hydrogen (secondary N) is 3. The van der Waals surface area contributed by atoms with Gasteiger partial charge in [0, 0.05) is 17.7 Å². The van der Waals surface area contributed by atoms with Crippen molar-refractivity contribution < 1.29 is 4.79 Å². The second kappa shape index (κ2) is 5.79. The van der Waals surface area contributed by atoms with Crippen LogP contribution in [0.4, 0.5) is 0 Å². The maximum atomic E-state index is 11.7. The maximum Gasteiger partial charge on any atom is 0.264 e. The van der Waals surface area contributed by atoms with E-state index in [9.17, 15) is 9.59 Å². The zero-order valence-electron chi connectivity index (χ0n) is 9.66. The van der Waals surface area contributed by atoms with E-state index in [1.54, 1.807) is 11.8 Å². The van der Waals surface area contributed by atoms with Gasteiger partial charge in [-0.1, -0.05) is 6.92 Å². The lowest BCUT2D eigenvalue weighted by molar-refractivity contribution is -0.124. The number of aromatic amines is 2. The third-order valence-electron chi connectivity index (χ3n) is 2.31. The lowest BCUT2D eigenvalue weighted by Gasteiger charge is -2.15. The molecule has 16 heavy (non-hydrogen) atoms. The molecule has 2 unspecified atom stereocenters. The fourth-order valence-corrected chi connectivity index (χ4v) is 1.99. The predicted octanol–water partition coefficient (Wildman–Crippen LogP) is 0.879.